The average molecular weight is 723 g/mol. The number of rotatable bonds is 2. The van der Waals surface area contributed by atoms with Gasteiger partial charge >= 0.3 is 0 Å². The monoisotopic (exact) mass is 722 g/mol. The molecule has 56 heavy (non-hydrogen) atoms. The van der Waals surface area contributed by atoms with Crippen molar-refractivity contribution in [1.82, 2.24) is 4.57 Å². The first-order chi connectivity index (χ1) is 26.8. The number of nitrogens with zero attached hydrogens (tertiary/aromatic N) is 2. The molecule has 2 nitrogen and oxygen atoms in total. The lowest BCUT2D eigenvalue weighted by atomic mass is 9.60. The van der Waals surface area contributed by atoms with Gasteiger partial charge in [-0.3, -0.25) is 0 Å². The molecular weight excluding hydrogens is 677 g/mol. The van der Waals surface area contributed by atoms with Crippen LogP contribution in [0.5, 0.6) is 0 Å². The molecule has 0 atom stereocenters. The predicted molar refractivity (Wildman–Crippen MR) is 235 cm³/mol. The summed E-state index contributed by atoms with van der Waals surface area (Å²) in [5.74, 6) is 0. The molecule has 0 amide bonds. The normalized spacial score (nSPS) is 17.8. The van der Waals surface area contributed by atoms with Gasteiger partial charge in [-0.1, -0.05) is 146 Å². The van der Waals surface area contributed by atoms with E-state index in [-0.39, 0.29) is 21.7 Å². The molecule has 8 aromatic rings. The summed E-state index contributed by atoms with van der Waals surface area (Å²) in [6.45, 7) is 19.4. The topological polar surface area (TPSA) is 8.17 Å². The number of hydrogen-bond donors (Lipinski definition) is 0. The fourth-order valence-electron chi connectivity index (χ4n) is 11.6. The smallest absolute Gasteiger partial charge is 0.0544 e. The van der Waals surface area contributed by atoms with Crippen LogP contribution in [0, 0.1) is 0 Å². The summed E-state index contributed by atoms with van der Waals surface area (Å²) >= 11 is 0. The van der Waals surface area contributed by atoms with Gasteiger partial charge in [-0.25, -0.2) is 0 Å². The molecule has 0 spiro atoms. The van der Waals surface area contributed by atoms with Gasteiger partial charge in [0, 0.05) is 38.1 Å². The molecule has 3 aliphatic heterocycles. The van der Waals surface area contributed by atoms with Crippen molar-refractivity contribution >= 4 is 38.9 Å². The molecule has 0 saturated carbocycles. The van der Waals surface area contributed by atoms with Gasteiger partial charge in [0.25, 0.3) is 0 Å². The van der Waals surface area contributed by atoms with Gasteiger partial charge in [0.2, 0.25) is 0 Å². The van der Waals surface area contributed by atoms with E-state index in [2.05, 4.69) is 198 Å². The van der Waals surface area contributed by atoms with Crippen molar-refractivity contribution in [2.75, 3.05) is 4.90 Å². The second-order valence-electron chi connectivity index (χ2n) is 19.0. The number of fused-ring (bicyclic) bond motifs is 6. The lowest BCUT2D eigenvalue weighted by Gasteiger charge is -2.55. The zero-order chi connectivity index (χ0) is 38.3. The van der Waals surface area contributed by atoms with Crippen molar-refractivity contribution in [2.45, 2.75) is 77.0 Å². The Bertz CT molecular complexity index is 2980. The standard InChI is InChI=1S/C54H46N2/c1-51(2)38-17-11-9-15-34(38)36-29-37-35-16-10-12-22-46(35)55(47(37)30-43(36)51)33-25-23-31(24-26-33)32-27-44-50-45(28-32)54(7,8)42-21-14-19-40-49(42)56(50)48-39(52(40,3)4)18-13-20-41(48)53(44,5)6/h9-30H,1-8H3. The Balaban J connectivity index is 1.05. The third-order valence-corrected chi connectivity index (χ3v) is 14.7. The minimum absolute atomic E-state index is 0.0614. The molecule has 12 rings (SSSR count). The van der Waals surface area contributed by atoms with E-state index < -0.39 is 0 Å². The molecule has 2 heteroatoms. The summed E-state index contributed by atoms with van der Waals surface area (Å²) in [4.78, 5) is 2.66. The lowest BCUT2D eigenvalue weighted by Crippen LogP contribution is -2.43. The van der Waals surface area contributed by atoms with Crippen LogP contribution in [0.3, 0.4) is 0 Å². The van der Waals surface area contributed by atoms with Gasteiger partial charge in [-0.15, -0.1) is 0 Å². The third-order valence-electron chi connectivity index (χ3n) is 14.7. The van der Waals surface area contributed by atoms with Crippen molar-refractivity contribution in [3.05, 3.63) is 178 Å². The molecule has 0 N–H and O–H groups in total. The van der Waals surface area contributed by atoms with Crippen molar-refractivity contribution in [3.63, 3.8) is 0 Å². The summed E-state index contributed by atoms with van der Waals surface area (Å²) < 4.78 is 2.48. The Hall–Kier alpha value is -5.86. The van der Waals surface area contributed by atoms with Crippen LogP contribution in [0.25, 0.3) is 49.7 Å². The second-order valence-corrected chi connectivity index (χ2v) is 19.0. The maximum Gasteiger partial charge on any atom is 0.0544 e. The second kappa shape index (κ2) is 10.1. The van der Waals surface area contributed by atoms with Gasteiger partial charge in [0.1, 0.15) is 0 Å². The van der Waals surface area contributed by atoms with Crippen LogP contribution in [0.2, 0.25) is 0 Å². The van der Waals surface area contributed by atoms with Crippen LogP contribution >= 0.6 is 0 Å². The third kappa shape index (κ3) is 3.70. The van der Waals surface area contributed by atoms with Crippen molar-refractivity contribution in [2.24, 2.45) is 0 Å². The van der Waals surface area contributed by atoms with E-state index in [1.54, 1.807) is 0 Å². The van der Waals surface area contributed by atoms with Crippen LogP contribution in [0.1, 0.15) is 99.9 Å². The Kier molecular flexibility index (Phi) is 5.85. The Labute approximate surface area is 330 Å². The first-order valence-corrected chi connectivity index (χ1v) is 20.4. The summed E-state index contributed by atoms with van der Waals surface area (Å²) in [7, 11) is 0. The minimum Gasteiger partial charge on any atom is -0.309 e. The molecule has 1 aromatic heterocycles. The van der Waals surface area contributed by atoms with Crippen molar-refractivity contribution < 1.29 is 0 Å². The summed E-state index contributed by atoms with van der Waals surface area (Å²) in [5, 5.41) is 2.60. The van der Waals surface area contributed by atoms with Gasteiger partial charge in [0.05, 0.1) is 28.1 Å². The first kappa shape index (κ1) is 32.4. The molecule has 1 aliphatic carbocycles. The molecule has 0 saturated heterocycles. The van der Waals surface area contributed by atoms with E-state index in [1.165, 1.54) is 111 Å². The fraction of sp³-hybridized carbons (Fsp3) is 0.222. The van der Waals surface area contributed by atoms with Crippen LogP contribution in [-0.2, 0) is 21.7 Å². The van der Waals surface area contributed by atoms with E-state index in [0.29, 0.717) is 0 Å². The SMILES string of the molecule is CC1(C)c2ccccc2-c2cc3c4ccccc4n(-c4ccc(-c5cc6c7c(c5)C(C)(C)c5cccc8c5N7c5c(cccc5C6(C)C)C8(C)C)cc4)c3cc21. The van der Waals surface area contributed by atoms with Crippen LogP contribution < -0.4 is 4.90 Å². The van der Waals surface area contributed by atoms with Gasteiger partial charge in [-0.2, -0.15) is 0 Å². The molecular formula is C54H46N2. The number of anilines is 3. The molecule has 4 aliphatic rings. The number of hydrogen-bond acceptors (Lipinski definition) is 1. The number of benzene rings is 7. The minimum atomic E-state index is -0.172. The van der Waals surface area contributed by atoms with E-state index in [9.17, 15) is 0 Å². The fourth-order valence-corrected chi connectivity index (χ4v) is 11.6. The Morgan fingerprint density at radius 2 is 0.839 bits per heavy atom. The Morgan fingerprint density at radius 1 is 0.339 bits per heavy atom. The largest absolute Gasteiger partial charge is 0.309 e. The molecule has 272 valence electrons. The van der Waals surface area contributed by atoms with Crippen molar-refractivity contribution in [1.29, 1.82) is 0 Å². The highest BCUT2D eigenvalue weighted by atomic mass is 15.2. The molecule has 0 bridgehead atoms. The molecule has 0 radical (unpaired) electrons. The van der Waals surface area contributed by atoms with Crippen LogP contribution in [-0.4, -0.2) is 4.57 Å². The molecule has 7 aromatic carbocycles. The quantitative estimate of drug-likeness (QED) is 0.172. The molecule has 4 heterocycles. The average Bonchev–Trinajstić information content (AvgIpc) is 3.64. The van der Waals surface area contributed by atoms with Gasteiger partial charge in [-0.05, 0) is 109 Å². The zero-order valence-corrected chi connectivity index (χ0v) is 33.6. The maximum absolute atomic E-state index is 2.66. The lowest BCUT2D eigenvalue weighted by molar-refractivity contribution is 0.567. The van der Waals surface area contributed by atoms with Gasteiger partial charge in [0.15, 0.2) is 0 Å². The van der Waals surface area contributed by atoms with E-state index in [1.807, 2.05) is 0 Å². The summed E-state index contributed by atoms with van der Waals surface area (Å²) in [5.41, 5.74) is 23.9. The highest BCUT2D eigenvalue weighted by Gasteiger charge is 2.51. The highest BCUT2D eigenvalue weighted by Crippen LogP contribution is 2.66. The van der Waals surface area contributed by atoms with E-state index >= 15 is 0 Å². The van der Waals surface area contributed by atoms with Gasteiger partial charge < -0.3 is 9.47 Å². The first-order valence-electron chi connectivity index (χ1n) is 20.4. The maximum atomic E-state index is 2.66. The summed E-state index contributed by atoms with van der Waals surface area (Å²) in [6, 6.07) is 51.3. The van der Waals surface area contributed by atoms with Crippen LogP contribution in [0.4, 0.5) is 17.1 Å². The van der Waals surface area contributed by atoms with Crippen molar-refractivity contribution in [3.8, 4) is 27.9 Å². The predicted octanol–water partition coefficient (Wildman–Crippen LogP) is 14.1. The Morgan fingerprint density at radius 3 is 1.46 bits per heavy atom. The number of para-hydroxylation sites is 3. The summed E-state index contributed by atoms with van der Waals surface area (Å²) in [6.07, 6.45) is 0. The highest BCUT2D eigenvalue weighted by molar-refractivity contribution is 6.11. The molecule has 0 unspecified atom stereocenters. The van der Waals surface area contributed by atoms with E-state index in [4.69, 9.17) is 0 Å². The number of aromatic nitrogens is 1. The van der Waals surface area contributed by atoms with Crippen LogP contribution in [0.15, 0.2) is 133 Å². The zero-order valence-electron chi connectivity index (χ0n) is 33.6. The molecule has 0 fully saturated rings. The van der Waals surface area contributed by atoms with E-state index in [0.717, 1.165) is 0 Å².